The molecule has 3 aromatic rings. The van der Waals surface area contributed by atoms with Crippen LogP contribution in [0.3, 0.4) is 0 Å². The molecule has 1 aromatic heterocycles. The largest absolute Gasteiger partial charge is 0.453 e. The fourth-order valence-electron chi connectivity index (χ4n) is 3.04. The molecule has 1 amide bonds. The molecular weight excluding hydrogens is 475 g/mol. The highest BCUT2D eigenvalue weighted by atomic mass is 31.1. The van der Waals surface area contributed by atoms with Gasteiger partial charge in [-0.15, -0.1) is 5.10 Å². The minimum Gasteiger partial charge on any atom is -0.370 e. The molecule has 0 aliphatic heterocycles. The van der Waals surface area contributed by atoms with Crippen LogP contribution in [0.25, 0.3) is 0 Å². The van der Waals surface area contributed by atoms with Gasteiger partial charge in [0.1, 0.15) is 12.9 Å². The summed E-state index contributed by atoms with van der Waals surface area (Å²) < 4.78 is 20.4. The minimum atomic E-state index is -1.03. The van der Waals surface area contributed by atoms with Gasteiger partial charge in [0.15, 0.2) is 18.4 Å². The normalized spacial score (nSPS) is 12.8. The number of hydrogen-bond donors (Lipinski definition) is 2. The Bertz CT molecular complexity index is 1130. The van der Waals surface area contributed by atoms with Gasteiger partial charge in [0.25, 0.3) is 8.61 Å². The molecule has 2 atom stereocenters. The third-order valence-electron chi connectivity index (χ3n) is 4.57. The van der Waals surface area contributed by atoms with Crippen LogP contribution in [0.5, 0.6) is 0 Å². The fourth-order valence-corrected chi connectivity index (χ4v) is 3.55. The van der Waals surface area contributed by atoms with Gasteiger partial charge in [0.2, 0.25) is 0 Å². The topological polar surface area (TPSA) is 173 Å². The molecule has 2 unspecified atom stereocenters. The quantitative estimate of drug-likeness (QED) is 0.0995. The molecule has 0 aliphatic rings. The first-order valence-electron chi connectivity index (χ1n) is 10.5. The number of nitrogens with zero attached hydrogens (tertiary/aromatic N) is 6. The number of aliphatic imine (C=N–C) groups is 1. The van der Waals surface area contributed by atoms with Gasteiger partial charge >= 0.3 is 6.09 Å². The molecule has 0 spiro atoms. The molecule has 2 aromatic carbocycles. The summed E-state index contributed by atoms with van der Waals surface area (Å²) in [5.41, 5.74) is 12.8. The third-order valence-corrected chi connectivity index (χ3v) is 5.14. The van der Waals surface area contributed by atoms with Crippen LogP contribution in [0, 0.1) is 5.92 Å². The molecule has 0 radical (unpaired) electrons. The van der Waals surface area contributed by atoms with Crippen molar-refractivity contribution in [2.75, 3.05) is 0 Å². The zero-order valence-electron chi connectivity index (χ0n) is 19.0. The van der Waals surface area contributed by atoms with Crippen molar-refractivity contribution in [2.45, 2.75) is 32.9 Å². The van der Waals surface area contributed by atoms with Gasteiger partial charge in [-0.25, -0.2) is 14.4 Å². The molecule has 13 nitrogen and oxygen atoms in total. The Morgan fingerprint density at radius 2 is 1.94 bits per heavy atom. The maximum Gasteiger partial charge on any atom is 0.453 e. The Balaban J connectivity index is 1.81. The van der Waals surface area contributed by atoms with Gasteiger partial charge in [-0.3, -0.25) is 4.89 Å². The lowest BCUT2D eigenvalue weighted by molar-refractivity contribution is -0.258. The number of amides is 1. The second-order valence-corrected chi connectivity index (χ2v) is 8.16. The Morgan fingerprint density at radius 1 is 1.17 bits per heavy atom. The second kappa shape index (κ2) is 12.5. The lowest BCUT2D eigenvalue weighted by Gasteiger charge is -2.31. The van der Waals surface area contributed by atoms with Crippen LogP contribution in [0.1, 0.15) is 31.2 Å². The number of tetrazole rings is 1. The second-order valence-electron chi connectivity index (χ2n) is 7.57. The van der Waals surface area contributed by atoms with Crippen LogP contribution >= 0.6 is 8.61 Å². The summed E-state index contributed by atoms with van der Waals surface area (Å²) in [4.78, 5) is 26.7. The van der Waals surface area contributed by atoms with E-state index in [9.17, 15) is 9.36 Å². The first kappa shape index (κ1) is 25.7. The molecule has 0 bridgehead atoms. The molecule has 0 fully saturated rings. The smallest absolute Gasteiger partial charge is 0.370 e. The maximum absolute atomic E-state index is 12.7. The van der Waals surface area contributed by atoms with E-state index in [1.807, 2.05) is 30.3 Å². The summed E-state index contributed by atoms with van der Waals surface area (Å²) in [5.74, 6) is -0.435. The number of hydrogen-bond acceptors (Lipinski definition) is 9. The van der Waals surface area contributed by atoms with E-state index < -0.39 is 27.2 Å². The number of nitrogens with two attached hydrogens (primary N) is 2. The third kappa shape index (κ3) is 7.27. The van der Waals surface area contributed by atoms with Crippen LogP contribution in [0.4, 0.5) is 10.5 Å². The van der Waals surface area contributed by atoms with Crippen molar-refractivity contribution >= 4 is 26.4 Å². The van der Waals surface area contributed by atoms with Crippen LogP contribution in [-0.2, 0) is 25.7 Å². The van der Waals surface area contributed by atoms with E-state index in [1.165, 1.54) is 11.0 Å². The Morgan fingerprint density at radius 3 is 2.57 bits per heavy atom. The molecule has 184 valence electrons. The number of aromatic nitrogens is 4. The molecular formula is C21H25N8O5P. The van der Waals surface area contributed by atoms with E-state index in [-0.39, 0.29) is 18.5 Å². The summed E-state index contributed by atoms with van der Waals surface area (Å²) in [6.45, 7) is 3.59. The molecule has 0 aliphatic carbocycles. The predicted octanol–water partition coefficient (Wildman–Crippen LogP) is 2.90. The standard InChI is InChI=1S/C21H25N8O5P/c1-14(2)18(29(35-31)21(30)34-32-12-15-7-4-3-5-8-15)33-19(28-13-24-26-27-28)16-9-6-10-17(11-16)25-20(22)23/h3-11,13-14,18-19H,12H2,1-2H3,(H4,22,23,25). The van der Waals surface area contributed by atoms with E-state index in [2.05, 4.69) is 20.5 Å². The molecule has 3 rings (SSSR count). The molecule has 0 saturated heterocycles. The van der Waals surface area contributed by atoms with Gasteiger partial charge in [-0.2, -0.15) is 14.2 Å². The lowest BCUT2D eigenvalue weighted by Crippen LogP contribution is -2.41. The van der Waals surface area contributed by atoms with Crippen LogP contribution in [0.2, 0.25) is 0 Å². The Kier molecular flexibility index (Phi) is 9.18. The predicted molar refractivity (Wildman–Crippen MR) is 125 cm³/mol. The van der Waals surface area contributed by atoms with Crippen molar-refractivity contribution < 1.29 is 23.9 Å². The van der Waals surface area contributed by atoms with E-state index in [1.54, 1.807) is 38.1 Å². The highest BCUT2D eigenvalue weighted by Gasteiger charge is 2.34. The number of guanidine groups is 1. The molecule has 4 N–H and O–H groups in total. The highest BCUT2D eigenvalue weighted by Crippen LogP contribution is 2.30. The van der Waals surface area contributed by atoms with Gasteiger partial charge < -0.3 is 16.2 Å². The number of ether oxygens (including phenoxy) is 1. The summed E-state index contributed by atoms with van der Waals surface area (Å²) in [7, 11) is -0.660. The van der Waals surface area contributed by atoms with Crippen molar-refractivity contribution in [2.24, 2.45) is 22.4 Å². The highest BCUT2D eigenvalue weighted by molar-refractivity contribution is 7.21. The summed E-state index contributed by atoms with van der Waals surface area (Å²) in [6.07, 6.45) is -1.60. The first-order chi connectivity index (χ1) is 16.9. The Hall–Kier alpha value is -3.93. The van der Waals surface area contributed by atoms with Crippen LogP contribution in [0.15, 0.2) is 65.9 Å². The van der Waals surface area contributed by atoms with Crippen molar-refractivity contribution in [3.63, 3.8) is 0 Å². The van der Waals surface area contributed by atoms with E-state index >= 15 is 0 Å². The SMILES string of the molecule is CC(C)C(OC(c1cccc(N=C(N)N)c1)n1cnnn1)N(P=O)C(=O)OOCc1ccccc1. The number of rotatable bonds is 11. The minimum absolute atomic E-state index is 0.0220. The lowest BCUT2D eigenvalue weighted by atomic mass is 10.1. The zero-order valence-corrected chi connectivity index (χ0v) is 19.9. The monoisotopic (exact) mass is 500 g/mol. The van der Waals surface area contributed by atoms with Crippen molar-refractivity contribution in [3.05, 3.63) is 72.1 Å². The van der Waals surface area contributed by atoms with E-state index in [0.29, 0.717) is 11.3 Å². The molecule has 0 saturated carbocycles. The average Bonchev–Trinajstić information content (AvgIpc) is 3.36. The van der Waals surface area contributed by atoms with Gasteiger partial charge in [-0.1, -0.05) is 56.3 Å². The summed E-state index contributed by atoms with van der Waals surface area (Å²) >= 11 is 0. The number of carbonyl (C=O) groups excluding carboxylic acids is 1. The zero-order chi connectivity index (χ0) is 25.2. The van der Waals surface area contributed by atoms with Crippen LogP contribution in [-0.4, -0.2) is 43.2 Å². The fraction of sp³-hybridized carbons (Fsp3) is 0.286. The van der Waals surface area contributed by atoms with Gasteiger partial charge in [0.05, 0.1) is 5.69 Å². The first-order valence-corrected chi connectivity index (χ1v) is 11.2. The van der Waals surface area contributed by atoms with Crippen molar-refractivity contribution in [1.29, 1.82) is 0 Å². The molecule has 1 heterocycles. The number of carbonyl (C=O) groups is 1. The van der Waals surface area contributed by atoms with Crippen molar-refractivity contribution in [3.8, 4) is 0 Å². The summed E-state index contributed by atoms with van der Waals surface area (Å²) in [6, 6.07) is 16.0. The summed E-state index contributed by atoms with van der Waals surface area (Å²) in [5, 5.41) is 11.2. The van der Waals surface area contributed by atoms with Crippen LogP contribution < -0.4 is 11.5 Å². The average molecular weight is 500 g/mol. The number of benzene rings is 2. The van der Waals surface area contributed by atoms with Gasteiger partial charge in [-0.05, 0) is 34.0 Å². The maximum atomic E-state index is 12.7. The van der Waals surface area contributed by atoms with Gasteiger partial charge in [0, 0.05) is 5.56 Å². The molecule has 14 heteroatoms. The molecule has 35 heavy (non-hydrogen) atoms. The van der Waals surface area contributed by atoms with E-state index in [4.69, 9.17) is 26.0 Å². The van der Waals surface area contributed by atoms with Crippen molar-refractivity contribution in [1.82, 2.24) is 24.9 Å². The Labute approximate surface area is 202 Å². The van der Waals surface area contributed by atoms with E-state index in [0.717, 1.165) is 10.2 Å².